The Bertz CT molecular complexity index is 1210. The number of hydrogen-bond donors (Lipinski definition) is 2. The van der Waals surface area contributed by atoms with Gasteiger partial charge in [0.2, 0.25) is 0 Å². The van der Waals surface area contributed by atoms with E-state index < -0.39 is 10.0 Å². The molecule has 2 heterocycles. The molecule has 0 saturated heterocycles. The molecule has 0 atom stereocenters. The number of halogens is 1. The number of aromatic nitrogens is 4. The number of benzene rings is 2. The van der Waals surface area contributed by atoms with Crippen LogP contribution in [0, 0.1) is 3.57 Å². The Morgan fingerprint density at radius 2 is 1.66 bits per heavy atom. The second kappa shape index (κ2) is 8.17. The smallest absolute Gasteiger partial charge is 0.261 e. The fourth-order valence-electron chi connectivity index (χ4n) is 2.54. The molecular weight excluding hydrogens is 503 g/mol. The van der Waals surface area contributed by atoms with Crippen LogP contribution >= 0.6 is 22.6 Å². The molecule has 29 heavy (non-hydrogen) atoms. The lowest BCUT2D eigenvalue weighted by molar-refractivity contribution is 0.601. The van der Waals surface area contributed by atoms with E-state index in [0.29, 0.717) is 17.3 Å². The van der Waals surface area contributed by atoms with Crippen molar-refractivity contribution in [2.45, 2.75) is 4.90 Å². The van der Waals surface area contributed by atoms with Gasteiger partial charge in [0.05, 0.1) is 4.90 Å². The van der Waals surface area contributed by atoms with Crippen molar-refractivity contribution in [2.75, 3.05) is 10.0 Å². The average molecular weight is 518 g/mol. The molecule has 0 amide bonds. The molecule has 4 aromatic rings. The van der Waals surface area contributed by atoms with Gasteiger partial charge in [-0.1, -0.05) is 0 Å². The zero-order chi connectivity index (χ0) is 20.3. The Hall–Kier alpha value is -2.99. The zero-order valence-corrected chi connectivity index (χ0v) is 17.9. The summed E-state index contributed by atoms with van der Waals surface area (Å²) in [5.41, 5.74) is 1.22. The van der Waals surface area contributed by atoms with Crippen molar-refractivity contribution < 1.29 is 8.42 Å². The maximum absolute atomic E-state index is 12.5. The van der Waals surface area contributed by atoms with Crippen LogP contribution in [-0.4, -0.2) is 28.2 Å². The third-order valence-electron chi connectivity index (χ3n) is 3.93. The summed E-state index contributed by atoms with van der Waals surface area (Å²) in [6.07, 6.45) is 4.91. The molecule has 2 aromatic heterocycles. The summed E-state index contributed by atoms with van der Waals surface area (Å²) < 4.78 is 30.2. The highest BCUT2D eigenvalue weighted by Crippen LogP contribution is 2.21. The molecule has 0 unspecified atom stereocenters. The van der Waals surface area contributed by atoms with Crippen LogP contribution < -0.4 is 10.0 Å². The Morgan fingerprint density at radius 1 is 0.931 bits per heavy atom. The summed E-state index contributed by atoms with van der Waals surface area (Å²) in [6, 6.07) is 17.1. The van der Waals surface area contributed by atoms with E-state index in [0.717, 1.165) is 9.26 Å². The molecule has 0 radical (unpaired) electrons. The van der Waals surface area contributed by atoms with Crippen LogP contribution in [0.15, 0.2) is 84.3 Å². The Balaban J connectivity index is 1.47. The zero-order valence-electron chi connectivity index (χ0n) is 14.9. The van der Waals surface area contributed by atoms with E-state index in [1.54, 1.807) is 71.7 Å². The fourth-order valence-corrected chi connectivity index (χ4v) is 3.96. The van der Waals surface area contributed by atoms with Gasteiger partial charge >= 0.3 is 0 Å². The summed E-state index contributed by atoms with van der Waals surface area (Å²) in [6.45, 7) is 0. The van der Waals surface area contributed by atoms with Crippen molar-refractivity contribution in [1.82, 2.24) is 19.7 Å². The van der Waals surface area contributed by atoms with Gasteiger partial charge in [0, 0.05) is 33.4 Å². The van der Waals surface area contributed by atoms with Gasteiger partial charge in [-0.05, 0) is 77.2 Å². The van der Waals surface area contributed by atoms with Crippen molar-refractivity contribution in [3.05, 3.63) is 83.0 Å². The molecular formula is C19H15IN6O2S. The van der Waals surface area contributed by atoms with Crippen LogP contribution in [0.3, 0.4) is 0 Å². The van der Waals surface area contributed by atoms with Crippen LogP contribution in [0.4, 0.5) is 17.2 Å². The highest BCUT2D eigenvalue weighted by Gasteiger charge is 2.13. The molecule has 4 rings (SSSR count). The van der Waals surface area contributed by atoms with Crippen molar-refractivity contribution in [3.63, 3.8) is 0 Å². The number of rotatable bonds is 6. The van der Waals surface area contributed by atoms with Crippen molar-refractivity contribution in [3.8, 4) is 5.82 Å². The maximum atomic E-state index is 12.5. The Morgan fingerprint density at radius 3 is 2.34 bits per heavy atom. The molecule has 146 valence electrons. The largest absolute Gasteiger partial charge is 0.340 e. The van der Waals surface area contributed by atoms with Crippen LogP contribution in [0.25, 0.3) is 5.82 Å². The number of hydrogen-bond acceptors (Lipinski definition) is 6. The second-order valence-corrected chi connectivity index (χ2v) is 8.90. The third-order valence-corrected chi connectivity index (χ3v) is 6.04. The van der Waals surface area contributed by atoms with Gasteiger partial charge in [-0.2, -0.15) is 5.10 Å². The summed E-state index contributed by atoms with van der Waals surface area (Å²) >= 11 is 2.13. The van der Waals surface area contributed by atoms with Gasteiger partial charge in [0.1, 0.15) is 12.1 Å². The van der Waals surface area contributed by atoms with E-state index in [1.165, 1.54) is 6.33 Å². The molecule has 0 bridgehead atoms. The van der Waals surface area contributed by atoms with E-state index in [9.17, 15) is 8.42 Å². The predicted molar refractivity (Wildman–Crippen MR) is 119 cm³/mol. The van der Waals surface area contributed by atoms with Gasteiger partial charge in [-0.15, -0.1) is 0 Å². The Kier molecular flexibility index (Phi) is 5.45. The first kappa shape index (κ1) is 19.3. The van der Waals surface area contributed by atoms with Gasteiger partial charge in [0.25, 0.3) is 10.0 Å². The first-order chi connectivity index (χ1) is 14.0. The van der Waals surface area contributed by atoms with Crippen molar-refractivity contribution in [2.24, 2.45) is 0 Å². The van der Waals surface area contributed by atoms with Crippen LogP contribution in [0.5, 0.6) is 0 Å². The minimum atomic E-state index is -3.64. The molecule has 0 aliphatic rings. The minimum absolute atomic E-state index is 0.215. The SMILES string of the molecule is O=S(=O)(Nc1ccc(Nc2cc(-n3cccn3)ncn2)cc1)c1ccc(I)cc1. The predicted octanol–water partition coefficient (Wildman–Crippen LogP) is 3.81. The van der Waals surface area contributed by atoms with E-state index in [1.807, 2.05) is 6.07 Å². The van der Waals surface area contributed by atoms with Gasteiger partial charge in [-0.25, -0.2) is 23.1 Å². The number of nitrogens with zero attached hydrogens (tertiary/aromatic N) is 4. The monoisotopic (exact) mass is 518 g/mol. The summed E-state index contributed by atoms with van der Waals surface area (Å²) in [4.78, 5) is 8.60. The highest BCUT2D eigenvalue weighted by atomic mass is 127. The lowest BCUT2D eigenvalue weighted by Crippen LogP contribution is -2.12. The molecule has 8 nitrogen and oxygen atoms in total. The standard InChI is InChI=1S/C19H15IN6O2S/c20-14-2-8-17(9-3-14)29(27,28)25-16-6-4-15(5-7-16)24-18-12-19(22-13-21-18)26-11-1-10-23-26/h1-13,25H,(H,21,22,24). The van der Waals surface area contributed by atoms with E-state index >= 15 is 0 Å². The summed E-state index contributed by atoms with van der Waals surface area (Å²) in [5.74, 6) is 1.23. The van der Waals surface area contributed by atoms with E-state index in [-0.39, 0.29) is 4.90 Å². The lowest BCUT2D eigenvalue weighted by Gasteiger charge is -2.10. The van der Waals surface area contributed by atoms with E-state index in [2.05, 4.69) is 47.7 Å². The molecule has 0 aliphatic heterocycles. The first-order valence-electron chi connectivity index (χ1n) is 8.47. The van der Waals surface area contributed by atoms with E-state index in [4.69, 9.17) is 0 Å². The molecule has 0 spiro atoms. The van der Waals surface area contributed by atoms with Gasteiger partial charge < -0.3 is 5.32 Å². The Labute approximate surface area is 181 Å². The van der Waals surface area contributed by atoms with Crippen LogP contribution in [0.2, 0.25) is 0 Å². The molecule has 2 N–H and O–H groups in total. The molecule has 2 aromatic carbocycles. The van der Waals surface area contributed by atoms with Gasteiger partial charge in [-0.3, -0.25) is 4.72 Å². The summed E-state index contributed by atoms with van der Waals surface area (Å²) in [5, 5.41) is 7.31. The van der Waals surface area contributed by atoms with Crippen LogP contribution in [-0.2, 0) is 10.0 Å². The maximum Gasteiger partial charge on any atom is 0.261 e. The molecule has 10 heteroatoms. The minimum Gasteiger partial charge on any atom is -0.340 e. The fraction of sp³-hybridized carbons (Fsp3) is 0. The van der Waals surface area contributed by atoms with Gasteiger partial charge in [0.15, 0.2) is 5.82 Å². The number of nitrogens with one attached hydrogen (secondary N) is 2. The lowest BCUT2D eigenvalue weighted by atomic mass is 10.3. The molecule has 0 fully saturated rings. The third kappa shape index (κ3) is 4.71. The average Bonchev–Trinajstić information content (AvgIpc) is 3.25. The number of anilines is 3. The highest BCUT2D eigenvalue weighted by molar-refractivity contribution is 14.1. The van der Waals surface area contributed by atoms with Crippen molar-refractivity contribution in [1.29, 1.82) is 0 Å². The quantitative estimate of drug-likeness (QED) is 0.377. The van der Waals surface area contributed by atoms with Crippen LogP contribution in [0.1, 0.15) is 0 Å². The molecule has 0 saturated carbocycles. The summed E-state index contributed by atoms with van der Waals surface area (Å²) in [7, 11) is -3.64. The molecule has 0 aliphatic carbocycles. The normalized spacial score (nSPS) is 11.2. The first-order valence-corrected chi connectivity index (χ1v) is 11.0. The number of sulfonamides is 1. The second-order valence-electron chi connectivity index (χ2n) is 5.97. The topological polar surface area (TPSA) is 102 Å². The van der Waals surface area contributed by atoms with Crippen molar-refractivity contribution >= 4 is 49.8 Å².